The van der Waals surface area contributed by atoms with Gasteiger partial charge in [-0.3, -0.25) is 0 Å². The number of hydrogen-bond donors (Lipinski definition) is 1. The number of thioether (sulfide) groups is 1. The van der Waals surface area contributed by atoms with Gasteiger partial charge in [0.15, 0.2) is 5.69 Å². The van der Waals surface area contributed by atoms with Gasteiger partial charge in [-0.05, 0) is 5.41 Å². The first-order valence-electron chi connectivity index (χ1n) is 4.28. The highest BCUT2D eigenvalue weighted by Gasteiger charge is 2.53. The van der Waals surface area contributed by atoms with Crippen molar-refractivity contribution in [3.05, 3.63) is 27.6 Å². The Bertz CT molecular complexity index is 426. The third-order valence-electron chi connectivity index (χ3n) is 2.57. The molecule has 1 fully saturated rings. The van der Waals surface area contributed by atoms with Crippen molar-refractivity contribution in [2.24, 2.45) is 5.92 Å². The summed E-state index contributed by atoms with van der Waals surface area (Å²) in [6.45, 7) is 0. The number of fused-ring (bicyclic) bond motifs is 1. The summed E-state index contributed by atoms with van der Waals surface area (Å²) in [5.41, 5.74) is 0.184. The smallest absolute Gasteiger partial charge is 0.355 e. The van der Waals surface area contributed by atoms with Crippen molar-refractivity contribution in [3.8, 4) is 0 Å². The summed E-state index contributed by atoms with van der Waals surface area (Å²) >= 11 is 3.30. The lowest BCUT2D eigenvalue weighted by molar-refractivity contribution is 0.0691. The maximum absolute atomic E-state index is 10.6. The lowest BCUT2D eigenvalue weighted by Gasteiger charge is -1.92. The molecule has 3 atom stereocenters. The van der Waals surface area contributed by atoms with Crippen molar-refractivity contribution in [3.63, 3.8) is 0 Å². The molecule has 3 rings (SSSR count). The molecule has 14 heavy (non-hydrogen) atoms. The van der Waals surface area contributed by atoms with Gasteiger partial charge in [0, 0.05) is 22.5 Å². The summed E-state index contributed by atoms with van der Waals surface area (Å²) in [4.78, 5) is 14.8. The number of carbonyl (C=O) groups is 1. The average Bonchev–Trinajstić information content (AvgIpc) is 2.63. The fraction of sp³-hybridized carbons (Fsp3) is 0.333. The van der Waals surface area contributed by atoms with E-state index in [0.717, 1.165) is 5.01 Å². The Morgan fingerprint density at radius 1 is 1.57 bits per heavy atom. The van der Waals surface area contributed by atoms with Gasteiger partial charge in [0.1, 0.15) is 0 Å². The van der Waals surface area contributed by atoms with E-state index in [2.05, 4.69) is 16.5 Å². The standard InChI is InChI=1S/C9H7NO2S2/c11-9(12)5-3-14-8(10-5)6-4-1-2-13-7(4)6/h1-4,6-7H,(H,11,12). The van der Waals surface area contributed by atoms with Crippen LogP contribution in [0.1, 0.15) is 21.4 Å². The predicted molar refractivity (Wildman–Crippen MR) is 55.8 cm³/mol. The van der Waals surface area contributed by atoms with Crippen LogP contribution in [-0.2, 0) is 0 Å². The highest BCUT2D eigenvalue weighted by atomic mass is 32.2. The number of allylic oxidation sites excluding steroid dienone is 1. The van der Waals surface area contributed by atoms with Crippen molar-refractivity contribution in [1.29, 1.82) is 0 Å². The Morgan fingerprint density at radius 3 is 3.00 bits per heavy atom. The molecule has 0 spiro atoms. The predicted octanol–water partition coefficient (Wildman–Crippen LogP) is 2.18. The minimum absolute atomic E-state index is 0.184. The lowest BCUT2D eigenvalue weighted by atomic mass is 10.3. The number of nitrogens with zero attached hydrogens (tertiary/aromatic N) is 1. The number of thiazole rings is 1. The van der Waals surface area contributed by atoms with Gasteiger partial charge in [0.25, 0.3) is 0 Å². The molecule has 3 unspecified atom stereocenters. The zero-order valence-corrected chi connectivity index (χ0v) is 8.72. The molecule has 3 nitrogen and oxygen atoms in total. The minimum atomic E-state index is -0.929. The van der Waals surface area contributed by atoms with E-state index in [1.54, 1.807) is 5.38 Å². The number of rotatable bonds is 2. The van der Waals surface area contributed by atoms with Crippen LogP contribution >= 0.6 is 23.1 Å². The molecule has 0 radical (unpaired) electrons. The Kier molecular flexibility index (Phi) is 1.72. The quantitative estimate of drug-likeness (QED) is 0.838. The van der Waals surface area contributed by atoms with Crippen LogP contribution in [-0.4, -0.2) is 21.3 Å². The fourth-order valence-electron chi connectivity index (χ4n) is 1.78. The Labute approximate surface area is 88.9 Å². The molecule has 0 aromatic carbocycles. The topological polar surface area (TPSA) is 50.2 Å². The molecular formula is C9H7NO2S2. The van der Waals surface area contributed by atoms with E-state index in [9.17, 15) is 4.79 Å². The molecule has 72 valence electrons. The van der Waals surface area contributed by atoms with Gasteiger partial charge in [0.2, 0.25) is 0 Å². The summed E-state index contributed by atoms with van der Waals surface area (Å²) < 4.78 is 0. The number of aromatic carboxylic acids is 1. The van der Waals surface area contributed by atoms with Crippen LogP contribution in [0.4, 0.5) is 0 Å². The van der Waals surface area contributed by atoms with Crippen molar-refractivity contribution < 1.29 is 9.90 Å². The van der Waals surface area contributed by atoms with Crippen LogP contribution in [0.3, 0.4) is 0 Å². The molecule has 0 bridgehead atoms. The van der Waals surface area contributed by atoms with Gasteiger partial charge in [-0.25, -0.2) is 9.78 Å². The summed E-state index contributed by atoms with van der Waals surface area (Å²) in [6.07, 6.45) is 2.20. The second-order valence-electron chi connectivity index (χ2n) is 3.41. The van der Waals surface area contributed by atoms with Gasteiger partial charge in [-0.1, -0.05) is 6.08 Å². The molecule has 0 amide bonds. The van der Waals surface area contributed by atoms with E-state index in [1.807, 2.05) is 11.8 Å². The molecule has 0 saturated heterocycles. The molecule has 1 aromatic rings. The highest BCUT2D eigenvalue weighted by Crippen LogP contribution is 2.60. The van der Waals surface area contributed by atoms with Crippen LogP contribution in [0.2, 0.25) is 0 Å². The van der Waals surface area contributed by atoms with E-state index in [-0.39, 0.29) is 5.69 Å². The summed E-state index contributed by atoms with van der Waals surface area (Å²) in [5.74, 6) is 0.150. The largest absolute Gasteiger partial charge is 0.476 e. The average molecular weight is 225 g/mol. The van der Waals surface area contributed by atoms with Crippen LogP contribution in [0, 0.1) is 5.92 Å². The lowest BCUT2D eigenvalue weighted by Crippen LogP contribution is -1.96. The van der Waals surface area contributed by atoms with Gasteiger partial charge >= 0.3 is 5.97 Å². The second-order valence-corrected chi connectivity index (χ2v) is 5.39. The first-order valence-corrected chi connectivity index (χ1v) is 6.10. The van der Waals surface area contributed by atoms with Crippen LogP contribution in [0.5, 0.6) is 0 Å². The maximum atomic E-state index is 10.6. The molecule has 1 saturated carbocycles. The molecule has 1 N–H and O–H groups in total. The zero-order valence-electron chi connectivity index (χ0n) is 7.08. The monoisotopic (exact) mass is 225 g/mol. The number of carboxylic acids is 1. The molecule has 1 aliphatic carbocycles. The van der Waals surface area contributed by atoms with Crippen LogP contribution in [0.15, 0.2) is 16.9 Å². The van der Waals surface area contributed by atoms with Crippen molar-refractivity contribution >= 4 is 29.1 Å². The molecule has 1 aromatic heterocycles. The molecule has 2 aliphatic rings. The summed E-state index contributed by atoms with van der Waals surface area (Å²) in [7, 11) is 0. The molecule has 5 heteroatoms. The van der Waals surface area contributed by atoms with Gasteiger partial charge in [0.05, 0.1) is 5.01 Å². The third kappa shape index (κ3) is 1.12. The Morgan fingerprint density at radius 2 is 2.43 bits per heavy atom. The first kappa shape index (κ1) is 8.49. The molecule has 1 aliphatic heterocycles. The number of carboxylic acid groups (broad SMARTS) is 1. The Balaban J connectivity index is 1.85. The molecular weight excluding hydrogens is 218 g/mol. The van der Waals surface area contributed by atoms with Crippen LogP contribution < -0.4 is 0 Å². The van der Waals surface area contributed by atoms with Gasteiger partial charge in [-0.2, -0.15) is 0 Å². The number of aromatic nitrogens is 1. The van der Waals surface area contributed by atoms with Crippen LogP contribution in [0.25, 0.3) is 0 Å². The van der Waals surface area contributed by atoms with E-state index < -0.39 is 5.97 Å². The second kappa shape index (κ2) is 2.84. The maximum Gasteiger partial charge on any atom is 0.355 e. The highest BCUT2D eigenvalue weighted by molar-refractivity contribution is 8.03. The van der Waals surface area contributed by atoms with E-state index >= 15 is 0 Å². The van der Waals surface area contributed by atoms with Crippen molar-refractivity contribution in [2.45, 2.75) is 11.2 Å². The third-order valence-corrected chi connectivity index (χ3v) is 4.75. The van der Waals surface area contributed by atoms with E-state index in [1.165, 1.54) is 11.3 Å². The summed E-state index contributed by atoms with van der Waals surface area (Å²) in [6, 6.07) is 0. The van der Waals surface area contributed by atoms with Crippen molar-refractivity contribution in [2.75, 3.05) is 0 Å². The first-order chi connectivity index (χ1) is 6.77. The number of hydrogen-bond acceptors (Lipinski definition) is 4. The Hall–Kier alpha value is -0.810. The van der Waals surface area contributed by atoms with Gasteiger partial charge in [-0.15, -0.1) is 23.1 Å². The van der Waals surface area contributed by atoms with E-state index in [0.29, 0.717) is 17.1 Å². The normalized spacial score (nSPS) is 33.0. The fourth-order valence-corrected chi connectivity index (χ4v) is 4.15. The van der Waals surface area contributed by atoms with Crippen molar-refractivity contribution in [1.82, 2.24) is 4.98 Å². The molecule has 2 heterocycles. The SMILES string of the molecule is O=C(O)c1csc(C2C3C=CSC32)n1. The van der Waals surface area contributed by atoms with Gasteiger partial charge < -0.3 is 5.11 Å². The zero-order chi connectivity index (χ0) is 9.71. The minimum Gasteiger partial charge on any atom is -0.476 e. The van der Waals surface area contributed by atoms with E-state index in [4.69, 9.17) is 5.11 Å². The summed E-state index contributed by atoms with van der Waals surface area (Å²) in [5, 5.41) is 14.1.